The van der Waals surface area contributed by atoms with Gasteiger partial charge in [-0.3, -0.25) is 4.79 Å². The summed E-state index contributed by atoms with van der Waals surface area (Å²) in [6.45, 7) is 2.96. The molecule has 0 aliphatic heterocycles. The van der Waals surface area contributed by atoms with Crippen molar-refractivity contribution in [2.45, 2.75) is 32.2 Å². The van der Waals surface area contributed by atoms with Crippen molar-refractivity contribution in [1.82, 2.24) is 0 Å². The van der Waals surface area contributed by atoms with Crippen LogP contribution >= 0.6 is 0 Å². The highest BCUT2D eigenvalue weighted by molar-refractivity contribution is 7.88. The standard InChI is InChI=1S/C18H15F3O4S/c1-10-7-14(12-3-5-15-13(9-12)4-6-16(15)22)8-11(2)17(10)25-26(23,24)18(19,20)21/h3,5,7-9H,4,6H2,1-2H3. The highest BCUT2D eigenvalue weighted by Gasteiger charge is 2.48. The van der Waals surface area contributed by atoms with Gasteiger partial charge in [0.05, 0.1) is 0 Å². The summed E-state index contributed by atoms with van der Waals surface area (Å²) < 4.78 is 64.5. The third-order valence-electron chi connectivity index (χ3n) is 4.30. The third kappa shape index (κ3) is 3.21. The number of carbonyl (C=O) groups excluding carboxylic acids is 1. The molecule has 0 amide bonds. The molecule has 1 aliphatic rings. The molecule has 0 N–H and O–H groups in total. The van der Waals surface area contributed by atoms with Crippen LogP contribution in [0.1, 0.15) is 33.5 Å². The molecule has 0 saturated carbocycles. The number of ketones is 1. The van der Waals surface area contributed by atoms with Crippen LogP contribution in [0.3, 0.4) is 0 Å². The van der Waals surface area contributed by atoms with Gasteiger partial charge in [0, 0.05) is 12.0 Å². The Morgan fingerprint density at radius 1 is 0.962 bits per heavy atom. The van der Waals surface area contributed by atoms with Gasteiger partial charge in [0.1, 0.15) is 5.75 Å². The lowest BCUT2D eigenvalue weighted by molar-refractivity contribution is -0.0500. The molecular weight excluding hydrogens is 369 g/mol. The number of benzene rings is 2. The minimum absolute atomic E-state index is 0.0972. The van der Waals surface area contributed by atoms with E-state index >= 15 is 0 Å². The molecule has 4 nitrogen and oxygen atoms in total. The minimum atomic E-state index is -5.72. The Kier molecular flexibility index (Phi) is 4.34. The maximum Gasteiger partial charge on any atom is 0.534 e. The summed E-state index contributed by atoms with van der Waals surface area (Å²) in [6, 6.07) is 8.51. The number of fused-ring (bicyclic) bond motifs is 1. The zero-order chi connectivity index (χ0) is 19.3. The van der Waals surface area contributed by atoms with Crippen LogP contribution in [0.2, 0.25) is 0 Å². The first-order chi connectivity index (χ1) is 12.0. The number of aryl methyl sites for hydroxylation is 3. The summed E-state index contributed by atoms with van der Waals surface area (Å²) in [5.41, 5.74) is -1.82. The van der Waals surface area contributed by atoms with Crippen molar-refractivity contribution in [3.8, 4) is 16.9 Å². The Bertz CT molecular complexity index is 985. The fraction of sp³-hybridized carbons (Fsp3) is 0.278. The Hall–Kier alpha value is -2.35. The van der Waals surface area contributed by atoms with Crippen molar-refractivity contribution in [2.75, 3.05) is 0 Å². The van der Waals surface area contributed by atoms with E-state index in [9.17, 15) is 26.4 Å². The molecule has 0 radical (unpaired) electrons. The maximum atomic E-state index is 12.5. The average molecular weight is 384 g/mol. The maximum absolute atomic E-state index is 12.5. The molecule has 2 aromatic carbocycles. The first-order valence-electron chi connectivity index (χ1n) is 7.78. The van der Waals surface area contributed by atoms with E-state index in [0.29, 0.717) is 24.0 Å². The molecule has 0 saturated heterocycles. The number of Topliss-reactive ketones (excluding diaryl/α,β-unsaturated/α-hetero) is 1. The topological polar surface area (TPSA) is 60.4 Å². The number of carbonyl (C=O) groups is 1. The van der Waals surface area contributed by atoms with E-state index in [0.717, 1.165) is 11.1 Å². The van der Waals surface area contributed by atoms with E-state index in [-0.39, 0.29) is 22.7 Å². The number of rotatable bonds is 3. The molecule has 0 bridgehead atoms. The Balaban J connectivity index is 2.00. The molecule has 26 heavy (non-hydrogen) atoms. The molecule has 0 heterocycles. The van der Waals surface area contributed by atoms with Crippen LogP contribution in [0.25, 0.3) is 11.1 Å². The van der Waals surface area contributed by atoms with Gasteiger partial charge >= 0.3 is 15.6 Å². The van der Waals surface area contributed by atoms with Crippen molar-refractivity contribution in [3.05, 3.63) is 52.6 Å². The number of hydrogen-bond acceptors (Lipinski definition) is 4. The zero-order valence-electron chi connectivity index (χ0n) is 14.0. The second-order valence-corrected chi connectivity index (χ2v) is 7.76. The fourth-order valence-electron chi connectivity index (χ4n) is 3.04. The number of halogens is 3. The van der Waals surface area contributed by atoms with Gasteiger partial charge in [-0.15, -0.1) is 0 Å². The summed E-state index contributed by atoms with van der Waals surface area (Å²) in [7, 11) is -5.72. The van der Waals surface area contributed by atoms with E-state index in [1.54, 1.807) is 24.3 Å². The van der Waals surface area contributed by atoms with Gasteiger partial charge < -0.3 is 4.18 Å². The number of alkyl halides is 3. The Labute approximate surface area is 148 Å². The van der Waals surface area contributed by atoms with Crippen molar-refractivity contribution in [1.29, 1.82) is 0 Å². The molecule has 3 rings (SSSR count). The summed E-state index contributed by atoms with van der Waals surface area (Å²) in [6.07, 6.45) is 1.13. The third-order valence-corrected chi connectivity index (χ3v) is 5.25. The summed E-state index contributed by atoms with van der Waals surface area (Å²) in [5, 5.41) is 0. The molecule has 0 atom stereocenters. The SMILES string of the molecule is Cc1cc(-c2ccc3c(c2)CCC3=O)cc(C)c1OS(=O)(=O)C(F)(F)F. The Morgan fingerprint density at radius 2 is 1.58 bits per heavy atom. The molecule has 0 spiro atoms. The summed E-state index contributed by atoms with van der Waals surface area (Å²) in [4.78, 5) is 11.7. The van der Waals surface area contributed by atoms with Gasteiger partial charge in [-0.1, -0.05) is 18.2 Å². The van der Waals surface area contributed by atoms with Crippen LogP contribution in [0, 0.1) is 13.8 Å². The van der Waals surface area contributed by atoms with Crippen molar-refractivity contribution in [3.63, 3.8) is 0 Å². The largest absolute Gasteiger partial charge is 0.534 e. The lowest BCUT2D eigenvalue weighted by Gasteiger charge is -2.15. The van der Waals surface area contributed by atoms with Crippen molar-refractivity contribution >= 4 is 15.9 Å². The predicted molar refractivity (Wildman–Crippen MR) is 89.6 cm³/mol. The quantitative estimate of drug-likeness (QED) is 0.584. The normalized spacial score (nSPS) is 14.4. The highest BCUT2D eigenvalue weighted by atomic mass is 32.2. The van der Waals surface area contributed by atoms with Gasteiger partial charge in [0.2, 0.25) is 0 Å². The van der Waals surface area contributed by atoms with Gasteiger partial charge in [0.25, 0.3) is 0 Å². The molecule has 8 heteroatoms. The van der Waals surface area contributed by atoms with E-state index in [2.05, 4.69) is 4.18 Å². The fourth-order valence-corrected chi connectivity index (χ4v) is 3.62. The van der Waals surface area contributed by atoms with Gasteiger partial charge in [0.15, 0.2) is 5.78 Å². The lowest BCUT2D eigenvalue weighted by atomic mass is 9.97. The second-order valence-electron chi connectivity index (χ2n) is 6.22. The van der Waals surface area contributed by atoms with Crippen molar-refractivity contribution < 1.29 is 30.6 Å². The van der Waals surface area contributed by atoms with Crippen LogP contribution in [-0.4, -0.2) is 19.7 Å². The molecule has 0 fully saturated rings. The smallest absolute Gasteiger partial charge is 0.375 e. The number of hydrogen-bond donors (Lipinski definition) is 0. The van der Waals surface area contributed by atoms with Crippen LogP contribution in [-0.2, 0) is 16.5 Å². The molecule has 1 aliphatic carbocycles. The van der Waals surface area contributed by atoms with Gasteiger partial charge in [-0.2, -0.15) is 21.6 Å². The van der Waals surface area contributed by atoms with Gasteiger partial charge in [-0.25, -0.2) is 0 Å². The average Bonchev–Trinajstić information content (AvgIpc) is 2.90. The Morgan fingerprint density at radius 3 is 2.15 bits per heavy atom. The van der Waals surface area contributed by atoms with E-state index < -0.39 is 15.6 Å². The highest BCUT2D eigenvalue weighted by Crippen LogP contribution is 2.35. The van der Waals surface area contributed by atoms with E-state index in [1.165, 1.54) is 13.8 Å². The predicted octanol–water partition coefficient (Wildman–Crippen LogP) is 4.33. The van der Waals surface area contributed by atoms with Crippen LogP contribution < -0.4 is 4.18 Å². The first kappa shape index (κ1) is 18.4. The summed E-state index contributed by atoms with van der Waals surface area (Å²) in [5.74, 6) is -0.234. The monoisotopic (exact) mass is 384 g/mol. The van der Waals surface area contributed by atoms with Crippen LogP contribution in [0.5, 0.6) is 5.75 Å². The zero-order valence-corrected chi connectivity index (χ0v) is 14.8. The van der Waals surface area contributed by atoms with E-state index in [1.807, 2.05) is 6.07 Å². The lowest BCUT2D eigenvalue weighted by Crippen LogP contribution is -2.28. The second kappa shape index (κ2) is 6.12. The summed E-state index contributed by atoms with van der Waals surface area (Å²) >= 11 is 0. The molecular formula is C18H15F3O4S. The molecule has 0 unspecified atom stereocenters. The molecule has 2 aromatic rings. The molecule has 0 aromatic heterocycles. The minimum Gasteiger partial charge on any atom is -0.375 e. The van der Waals surface area contributed by atoms with Crippen LogP contribution in [0.4, 0.5) is 13.2 Å². The first-order valence-corrected chi connectivity index (χ1v) is 9.19. The molecule has 138 valence electrons. The van der Waals surface area contributed by atoms with E-state index in [4.69, 9.17) is 0 Å². The van der Waals surface area contributed by atoms with Crippen LogP contribution in [0.15, 0.2) is 30.3 Å². The van der Waals surface area contributed by atoms with Gasteiger partial charge in [-0.05, 0) is 60.2 Å². The van der Waals surface area contributed by atoms with Crippen molar-refractivity contribution in [2.24, 2.45) is 0 Å².